The summed E-state index contributed by atoms with van der Waals surface area (Å²) in [5, 5.41) is 3.15. The Kier molecular flexibility index (Phi) is 9.11. The molecule has 1 heterocycles. The summed E-state index contributed by atoms with van der Waals surface area (Å²) in [4.78, 5) is 28.8. The zero-order valence-corrected chi connectivity index (χ0v) is 23.6. The molecule has 1 atom stereocenters. The van der Waals surface area contributed by atoms with Crippen LogP contribution < -0.4 is 14.9 Å². The molecule has 209 valence electrons. The van der Waals surface area contributed by atoms with Crippen molar-refractivity contribution in [3.8, 4) is 5.75 Å². The van der Waals surface area contributed by atoms with Crippen molar-refractivity contribution >= 4 is 31.7 Å². The predicted molar refractivity (Wildman–Crippen MR) is 150 cm³/mol. The molecule has 1 aliphatic heterocycles. The molecule has 0 aromatic heterocycles. The molecule has 2 amide bonds. The minimum atomic E-state index is -1.80. The minimum absolute atomic E-state index is 0.0121. The molecule has 0 aliphatic carbocycles. The Labute approximate surface area is 233 Å². The van der Waals surface area contributed by atoms with Crippen LogP contribution in [0.4, 0.5) is 18.9 Å². The first-order valence-corrected chi connectivity index (χ1v) is 14.5. The summed E-state index contributed by atoms with van der Waals surface area (Å²) >= 11 is 0. The summed E-state index contributed by atoms with van der Waals surface area (Å²) in [7, 11) is -1.80. The maximum absolute atomic E-state index is 14.5. The third-order valence-corrected chi connectivity index (χ3v) is 9.08. The normalized spacial score (nSPS) is 15.7. The first-order valence-electron chi connectivity index (χ1n) is 12.9. The molecular formula is C30H31F3N3O3Si. The van der Waals surface area contributed by atoms with Crippen LogP contribution in [-0.4, -0.2) is 62.5 Å². The fourth-order valence-corrected chi connectivity index (χ4v) is 6.56. The number of hydrogen-bond acceptors (Lipinski definition) is 4. The van der Waals surface area contributed by atoms with Crippen LogP contribution >= 0.6 is 0 Å². The van der Waals surface area contributed by atoms with E-state index in [1.807, 2.05) is 13.0 Å². The van der Waals surface area contributed by atoms with Crippen LogP contribution in [0.3, 0.4) is 0 Å². The molecule has 0 saturated carbocycles. The second-order valence-corrected chi connectivity index (χ2v) is 11.8. The summed E-state index contributed by atoms with van der Waals surface area (Å²) in [5.41, 5.74) is 0.671. The summed E-state index contributed by atoms with van der Waals surface area (Å²) in [6, 6.07) is 14.1. The standard InChI is InChI=1S/C30H31F3N3O3Si/c1-5-27(37)36-15-14-35(17-21(36)4)18-40(24-12-6-19(2)25(31)16-24)39-23-10-8-22(9-11-23)30(38)34-26-13-7-20(3)28(32)29(26)33/h5-13,16,21H,1,14-15,17-18H2,2-4H3,(H,34,38)/t21-/m1/s1. The van der Waals surface area contributed by atoms with Gasteiger partial charge in [0.15, 0.2) is 11.6 Å². The number of benzene rings is 3. The van der Waals surface area contributed by atoms with Crippen LogP contribution in [0.2, 0.25) is 0 Å². The molecule has 0 bridgehead atoms. The fourth-order valence-electron chi connectivity index (χ4n) is 4.53. The topological polar surface area (TPSA) is 61.9 Å². The first-order chi connectivity index (χ1) is 19.1. The molecule has 1 fully saturated rings. The van der Waals surface area contributed by atoms with Crippen molar-refractivity contribution in [3.63, 3.8) is 0 Å². The monoisotopic (exact) mass is 566 g/mol. The van der Waals surface area contributed by atoms with Crippen LogP contribution in [0, 0.1) is 31.3 Å². The first kappa shape index (κ1) is 29.1. The number of anilines is 1. The van der Waals surface area contributed by atoms with Gasteiger partial charge in [-0.3, -0.25) is 14.5 Å². The van der Waals surface area contributed by atoms with E-state index in [4.69, 9.17) is 4.43 Å². The molecule has 1 saturated heterocycles. The molecule has 1 aliphatic rings. The Morgan fingerprint density at radius 1 is 1.02 bits per heavy atom. The average Bonchev–Trinajstić information content (AvgIpc) is 2.94. The Hall–Kier alpha value is -3.89. The third kappa shape index (κ3) is 6.63. The van der Waals surface area contributed by atoms with Crippen molar-refractivity contribution in [1.29, 1.82) is 0 Å². The highest BCUT2D eigenvalue weighted by molar-refractivity contribution is 6.68. The van der Waals surface area contributed by atoms with Gasteiger partial charge in [-0.2, -0.15) is 0 Å². The van der Waals surface area contributed by atoms with E-state index >= 15 is 0 Å². The number of rotatable bonds is 8. The number of aryl methyl sites for hydroxylation is 2. The number of amides is 2. The number of halogens is 3. The van der Waals surface area contributed by atoms with E-state index in [0.717, 1.165) is 5.19 Å². The maximum atomic E-state index is 14.5. The molecule has 10 heteroatoms. The van der Waals surface area contributed by atoms with Crippen molar-refractivity contribution in [3.05, 3.63) is 101 Å². The van der Waals surface area contributed by atoms with E-state index in [1.165, 1.54) is 43.3 Å². The van der Waals surface area contributed by atoms with Crippen molar-refractivity contribution < 1.29 is 27.2 Å². The molecule has 40 heavy (non-hydrogen) atoms. The Bertz CT molecular complexity index is 1420. The molecule has 4 rings (SSSR count). The van der Waals surface area contributed by atoms with Gasteiger partial charge in [-0.1, -0.05) is 24.8 Å². The van der Waals surface area contributed by atoms with Crippen LogP contribution in [0.1, 0.15) is 28.4 Å². The average molecular weight is 567 g/mol. The molecule has 0 spiro atoms. The van der Waals surface area contributed by atoms with Gasteiger partial charge >= 0.3 is 9.04 Å². The van der Waals surface area contributed by atoms with E-state index in [1.54, 1.807) is 30.0 Å². The smallest absolute Gasteiger partial charge is 0.331 e. The molecule has 1 radical (unpaired) electrons. The van der Waals surface area contributed by atoms with Crippen LogP contribution in [-0.2, 0) is 4.79 Å². The van der Waals surface area contributed by atoms with Gasteiger partial charge in [0, 0.05) is 37.4 Å². The van der Waals surface area contributed by atoms with Crippen molar-refractivity contribution in [2.24, 2.45) is 0 Å². The fraction of sp³-hybridized carbons (Fsp3) is 0.267. The Morgan fingerprint density at radius 3 is 2.38 bits per heavy atom. The van der Waals surface area contributed by atoms with Crippen molar-refractivity contribution in [1.82, 2.24) is 9.80 Å². The second kappa shape index (κ2) is 12.5. The van der Waals surface area contributed by atoms with Gasteiger partial charge in [0.25, 0.3) is 5.91 Å². The van der Waals surface area contributed by atoms with Gasteiger partial charge in [0.05, 0.1) is 5.69 Å². The molecule has 0 unspecified atom stereocenters. The van der Waals surface area contributed by atoms with E-state index < -0.39 is 26.6 Å². The summed E-state index contributed by atoms with van der Waals surface area (Å²) in [5.74, 6) is -2.64. The van der Waals surface area contributed by atoms with Gasteiger partial charge in [0.2, 0.25) is 5.91 Å². The van der Waals surface area contributed by atoms with Crippen molar-refractivity contribution in [2.75, 3.05) is 31.1 Å². The third-order valence-electron chi connectivity index (χ3n) is 6.91. The van der Waals surface area contributed by atoms with Crippen LogP contribution in [0.15, 0.2) is 67.3 Å². The second-order valence-electron chi connectivity index (χ2n) is 9.85. The Balaban J connectivity index is 1.49. The molecule has 3 aromatic carbocycles. The molecular weight excluding hydrogens is 535 g/mol. The SMILES string of the molecule is C=CC(=O)N1CCN(C[Si](Oc2ccc(C(=O)Nc3ccc(C)c(F)c3F)cc2)c2ccc(C)c(F)c2)C[C@H]1C. The number of nitrogens with one attached hydrogen (secondary N) is 1. The lowest BCUT2D eigenvalue weighted by atomic mass is 10.1. The number of carbonyl (C=O) groups excluding carboxylic acids is 2. The highest BCUT2D eigenvalue weighted by atomic mass is 28.3. The summed E-state index contributed by atoms with van der Waals surface area (Å²) in [6.07, 6.45) is 1.87. The number of carbonyl (C=O) groups is 2. The quantitative estimate of drug-likeness (QED) is 0.322. The number of nitrogens with zero attached hydrogens (tertiary/aromatic N) is 2. The van der Waals surface area contributed by atoms with Gasteiger partial charge in [-0.15, -0.1) is 0 Å². The lowest BCUT2D eigenvalue weighted by Gasteiger charge is -2.40. The summed E-state index contributed by atoms with van der Waals surface area (Å²) < 4.78 is 49.0. The van der Waals surface area contributed by atoms with Crippen molar-refractivity contribution in [2.45, 2.75) is 26.8 Å². The predicted octanol–water partition coefficient (Wildman–Crippen LogP) is 4.51. The van der Waals surface area contributed by atoms with Gasteiger partial charge in [-0.25, -0.2) is 13.2 Å². The van der Waals surface area contributed by atoms with E-state index in [-0.39, 0.29) is 34.6 Å². The van der Waals surface area contributed by atoms with Gasteiger partial charge in [0.1, 0.15) is 11.6 Å². The van der Waals surface area contributed by atoms with Crippen LogP contribution in [0.25, 0.3) is 0 Å². The highest BCUT2D eigenvalue weighted by Gasteiger charge is 2.30. The Morgan fingerprint density at radius 2 is 1.73 bits per heavy atom. The van der Waals surface area contributed by atoms with E-state index in [9.17, 15) is 22.8 Å². The largest absolute Gasteiger partial charge is 0.536 e. The van der Waals surface area contributed by atoms with Gasteiger partial charge in [-0.05, 0) is 79.6 Å². The van der Waals surface area contributed by atoms with E-state index in [2.05, 4.69) is 16.8 Å². The maximum Gasteiger partial charge on any atom is 0.331 e. The lowest BCUT2D eigenvalue weighted by molar-refractivity contribution is -0.130. The zero-order valence-electron chi connectivity index (χ0n) is 22.6. The number of hydrogen-bond donors (Lipinski definition) is 1. The van der Waals surface area contributed by atoms with Gasteiger partial charge < -0.3 is 14.6 Å². The minimum Gasteiger partial charge on any atom is -0.536 e. The molecule has 3 aromatic rings. The highest BCUT2D eigenvalue weighted by Crippen LogP contribution is 2.22. The molecule has 1 N–H and O–H groups in total. The number of piperazine rings is 1. The van der Waals surface area contributed by atoms with Crippen LogP contribution in [0.5, 0.6) is 5.75 Å². The molecule has 6 nitrogen and oxygen atoms in total. The lowest BCUT2D eigenvalue weighted by Crippen LogP contribution is -2.57. The summed E-state index contributed by atoms with van der Waals surface area (Å²) in [6.45, 7) is 10.5. The van der Waals surface area contributed by atoms with E-state index in [0.29, 0.717) is 37.1 Å². The zero-order chi connectivity index (χ0) is 29.0.